The van der Waals surface area contributed by atoms with Crippen molar-refractivity contribution in [2.45, 2.75) is 31.7 Å². The summed E-state index contributed by atoms with van der Waals surface area (Å²) in [4.78, 5) is 13.0. The number of hydrogen-bond donors (Lipinski definition) is 0. The van der Waals surface area contributed by atoms with Gasteiger partial charge in [0, 0.05) is 24.4 Å². The molecule has 3 unspecified atom stereocenters. The summed E-state index contributed by atoms with van der Waals surface area (Å²) in [7, 11) is 0. The van der Waals surface area contributed by atoms with E-state index >= 15 is 0 Å². The smallest absolute Gasteiger partial charge is 0.309 e. The van der Waals surface area contributed by atoms with Crippen molar-refractivity contribution in [3.63, 3.8) is 0 Å². The van der Waals surface area contributed by atoms with Gasteiger partial charge in [-0.2, -0.15) is 0 Å². The molecule has 3 atom stereocenters. The van der Waals surface area contributed by atoms with Gasteiger partial charge < -0.3 is 9.30 Å². The fraction of sp³-hybridized carbons (Fsp3) is 0.292. The van der Waals surface area contributed by atoms with Crippen LogP contribution in [0.15, 0.2) is 79.0 Å². The summed E-state index contributed by atoms with van der Waals surface area (Å²) in [6, 6.07) is 25.2. The molecule has 0 fully saturated rings. The Balaban J connectivity index is 1.97. The van der Waals surface area contributed by atoms with Crippen molar-refractivity contribution in [2.75, 3.05) is 6.61 Å². The second-order valence-electron chi connectivity index (χ2n) is 7.22. The van der Waals surface area contributed by atoms with E-state index in [1.165, 1.54) is 11.3 Å². The summed E-state index contributed by atoms with van der Waals surface area (Å²) in [5.74, 6) is -0.283. The zero-order valence-electron chi connectivity index (χ0n) is 15.8. The molecule has 3 aromatic rings. The van der Waals surface area contributed by atoms with Gasteiger partial charge in [0.05, 0.1) is 17.9 Å². The summed E-state index contributed by atoms with van der Waals surface area (Å²) in [5, 5.41) is 0. The van der Waals surface area contributed by atoms with Crippen LogP contribution in [-0.2, 0) is 21.5 Å². The quantitative estimate of drug-likeness (QED) is 0.615. The van der Waals surface area contributed by atoms with Crippen LogP contribution in [0.1, 0.15) is 36.6 Å². The highest BCUT2D eigenvalue weighted by molar-refractivity contribution is 5.76. The molecular formula is C24H25NO2. The van der Waals surface area contributed by atoms with Gasteiger partial charge in [-0.1, -0.05) is 67.6 Å². The molecule has 1 aliphatic heterocycles. The van der Waals surface area contributed by atoms with E-state index in [1.807, 2.05) is 26.0 Å². The lowest BCUT2D eigenvalue weighted by molar-refractivity contribution is -0.149. The lowest BCUT2D eigenvalue weighted by Gasteiger charge is -2.40. The van der Waals surface area contributed by atoms with Gasteiger partial charge in [0.1, 0.15) is 0 Å². The van der Waals surface area contributed by atoms with Crippen molar-refractivity contribution in [1.82, 2.24) is 4.57 Å². The lowest BCUT2D eigenvalue weighted by Crippen LogP contribution is -2.43. The highest BCUT2D eigenvalue weighted by atomic mass is 16.5. The topological polar surface area (TPSA) is 31.2 Å². The van der Waals surface area contributed by atoms with Crippen LogP contribution in [0.4, 0.5) is 0 Å². The number of aromatic nitrogens is 1. The lowest BCUT2D eigenvalue weighted by atomic mass is 9.61. The molecule has 0 saturated carbocycles. The molecule has 0 saturated heterocycles. The molecule has 1 aliphatic rings. The Morgan fingerprint density at radius 3 is 2.41 bits per heavy atom. The van der Waals surface area contributed by atoms with Crippen LogP contribution in [0.5, 0.6) is 0 Å². The van der Waals surface area contributed by atoms with Gasteiger partial charge in [-0.3, -0.25) is 4.79 Å². The predicted molar refractivity (Wildman–Crippen MR) is 107 cm³/mol. The number of carbonyl (C=O) groups excluding carboxylic acids is 1. The van der Waals surface area contributed by atoms with Gasteiger partial charge in [-0.05, 0) is 30.2 Å². The van der Waals surface area contributed by atoms with E-state index in [0.29, 0.717) is 6.61 Å². The van der Waals surface area contributed by atoms with E-state index < -0.39 is 5.41 Å². The highest BCUT2D eigenvalue weighted by Crippen LogP contribution is 2.55. The van der Waals surface area contributed by atoms with E-state index in [-0.39, 0.29) is 17.8 Å². The van der Waals surface area contributed by atoms with Gasteiger partial charge in [0.25, 0.3) is 0 Å². The van der Waals surface area contributed by atoms with Crippen LogP contribution in [0, 0.1) is 5.92 Å². The van der Waals surface area contributed by atoms with E-state index in [2.05, 4.69) is 71.4 Å². The Bertz CT molecular complexity index is 916. The molecule has 0 spiro atoms. The third-order valence-corrected chi connectivity index (χ3v) is 5.96. The van der Waals surface area contributed by atoms with E-state index in [9.17, 15) is 4.79 Å². The Morgan fingerprint density at radius 1 is 1.07 bits per heavy atom. The molecule has 3 heteroatoms. The van der Waals surface area contributed by atoms with Crippen molar-refractivity contribution in [1.29, 1.82) is 0 Å². The Morgan fingerprint density at radius 2 is 1.74 bits per heavy atom. The van der Waals surface area contributed by atoms with E-state index in [1.54, 1.807) is 0 Å². The van der Waals surface area contributed by atoms with Crippen molar-refractivity contribution in [3.05, 3.63) is 95.8 Å². The maximum absolute atomic E-state index is 13.0. The largest absolute Gasteiger partial charge is 0.466 e. The molecule has 3 nitrogen and oxygen atoms in total. The molecular weight excluding hydrogens is 334 g/mol. The minimum absolute atomic E-state index is 0.142. The molecule has 2 aromatic carbocycles. The standard InChI is InChI=1S/C24H25NO2/c1-3-27-23(26)18(2)24(20-13-8-5-9-14-20)21(19-11-6-4-7-12-19)17-25-16-10-15-22(24)25/h4-16,18,21H,3,17H2,1-2H3. The molecule has 27 heavy (non-hydrogen) atoms. The maximum atomic E-state index is 13.0. The average Bonchev–Trinajstić information content (AvgIpc) is 3.29. The van der Waals surface area contributed by atoms with Crippen molar-refractivity contribution in [2.24, 2.45) is 5.92 Å². The fourth-order valence-electron chi connectivity index (χ4n) is 4.81. The number of esters is 1. The molecule has 138 valence electrons. The normalized spacial score (nSPS) is 22.2. The molecule has 0 aliphatic carbocycles. The average molecular weight is 359 g/mol. The van der Waals surface area contributed by atoms with Gasteiger partial charge in [-0.25, -0.2) is 0 Å². The van der Waals surface area contributed by atoms with Gasteiger partial charge in [-0.15, -0.1) is 0 Å². The Hall–Kier alpha value is -2.81. The highest BCUT2D eigenvalue weighted by Gasteiger charge is 2.55. The summed E-state index contributed by atoms with van der Waals surface area (Å²) in [6.07, 6.45) is 2.12. The maximum Gasteiger partial charge on any atom is 0.309 e. The minimum atomic E-state index is -0.460. The van der Waals surface area contributed by atoms with Crippen LogP contribution in [0.25, 0.3) is 0 Å². The molecule has 2 heterocycles. The molecule has 4 rings (SSSR count). The first-order chi connectivity index (χ1) is 13.2. The first-order valence-electron chi connectivity index (χ1n) is 9.62. The van der Waals surface area contributed by atoms with Crippen LogP contribution < -0.4 is 0 Å². The molecule has 1 aromatic heterocycles. The van der Waals surface area contributed by atoms with Crippen LogP contribution in [0.3, 0.4) is 0 Å². The minimum Gasteiger partial charge on any atom is -0.466 e. The number of fused-ring (bicyclic) bond motifs is 1. The summed E-state index contributed by atoms with van der Waals surface area (Å²) in [5.41, 5.74) is 3.14. The second-order valence-corrected chi connectivity index (χ2v) is 7.22. The zero-order chi connectivity index (χ0) is 18.9. The fourth-order valence-corrected chi connectivity index (χ4v) is 4.81. The number of carbonyl (C=O) groups is 1. The number of nitrogens with zero attached hydrogens (tertiary/aromatic N) is 1. The monoisotopic (exact) mass is 359 g/mol. The third-order valence-electron chi connectivity index (χ3n) is 5.96. The Kier molecular flexibility index (Phi) is 4.61. The summed E-state index contributed by atoms with van der Waals surface area (Å²) < 4.78 is 7.78. The summed E-state index contributed by atoms with van der Waals surface area (Å²) >= 11 is 0. The van der Waals surface area contributed by atoms with Crippen molar-refractivity contribution < 1.29 is 9.53 Å². The molecule has 0 radical (unpaired) electrons. The second kappa shape index (κ2) is 7.07. The van der Waals surface area contributed by atoms with Gasteiger partial charge in [0.15, 0.2) is 0 Å². The van der Waals surface area contributed by atoms with Crippen LogP contribution in [0.2, 0.25) is 0 Å². The third kappa shape index (κ3) is 2.69. The first kappa shape index (κ1) is 17.6. The zero-order valence-corrected chi connectivity index (χ0v) is 15.8. The Labute approximate surface area is 160 Å². The van der Waals surface area contributed by atoms with E-state index in [0.717, 1.165) is 12.1 Å². The van der Waals surface area contributed by atoms with Gasteiger partial charge >= 0.3 is 5.97 Å². The molecule has 0 bridgehead atoms. The first-order valence-corrected chi connectivity index (χ1v) is 9.62. The number of ether oxygens (including phenoxy) is 1. The van der Waals surface area contributed by atoms with Crippen LogP contribution >= 0.6 is 0 Å². The predicted octanol–water partition coefficient (Wildman–Crippen LogP) is 4.77. The molecule has 0 N–H and O–H groups in total. The van der Waals surface area contributed by atoms with Crippen molar-refractivity contribution in [3.8, 4) is 0 Å². The SMILES string of the molecule is CCOC(=O)C(C)C1(c2ccccc2)c2cccn2CC1c1ccccc1. The van der Waals surface area contributed by atoms with Gasteiger partial charge in [0.2, 0.25) is 0 Å². The van der Waals surface area contributed by atoms with Crippen molar-refractivity contribution >= 4 is 5.97 Å². The molecule has 0 amide bonds. The number of benzene rings is 2. The number of hydrogen-bond acceptors (Lipinski definition) is 2. The van der Waals surface area contributed by atoms with E-state index in [4.69, 9.17) is 4.74 Å². The van der Waals surface area contributed by atoms with Crippen LogP contribution in [-0.4, -0.2) is 17.1 Å². The number of rotatable bonds is 5. The summed E-state index contributed by atoms with van der Waals surface area (Å²) in [6.45, 7) is 5.13.